The average molecular weight is 812 g/mol. The first-order valence-electron chi connectivity index (χ1n) is 21.8. The first-order valence-corrected chi connectivity index (χ1v) is 21.8. The number of hydrogen-bond acceptors (Lipinski definition) is 3. The lowest BCUT2D eigenvalue weighted by Crippen LogP contribution is -2.01. The molecule has 296 valence electrons. The molecule has 0 bridgehead atoms. The molecule has 0 spiro atoms. The Morgan fingerprint density at radius 3 is 1.23 bits per heavy atom. The second-order valence-corrected chi connectivity index (χ2v) is 16.7. The molecule has 0 atom stereocenters. The van der Waals surface area contributed by atoms with Crippen LogP contribution in [-0.2, 0) is 0 Å². The summed E-state index contributed by atoms with van der Waals surface area (Å²) in [5.41, 5.74) is 9.66. The Bertz CT molecular complexity index is 3930. The maximum atomic E-state index is 5.13. The van der Waals surface area contributed by atoms with Crippen LogP contribution in [-0.4, -0.2) is 15.0 Å². The van der Waals surface area contributed by atoms with Crippen molar-refractivity contribution in [3.8, 4) is 67.5 Å². The molecule has 0 saturated heterocycles. The molecule has 0 N–H and O–H groups in total. The highest BCUT2D eigenvalue weighted by Crippen LogP contribution is 2.45. The molecule has 3 nitrogen and oxygen atoms in total. The molecule has 12 aromatic carbocycles. The minimum Gasteiger partial charge on any atom is -0.208 e. The maximum absolute atomic E-state index is 5.13. The minimum atomic E-state index is 0.632. The molecule has 1 aromatic heterocycles. The molecular weight excluding hydrogens is 775 g/mol. The van der Waals surface area contributed by atoms with Crippen LogP contribution in [0, 0.1) is 0 Å². The van der Waals surface area contributed by atoms with E-state index in [1.54, 1.807) is 0 Å². The number of fused-ring (bicyclic) bond motifs is 2. The molecule has 0 unspecified atom stereocenters. The van der Waals surface area contributed by atoms with Crippen LogP contribution in [0.25, 0.3) is 132 Å². The summed E-state index contributed by atoms with van der Waals surface area (Å²) in [6.45, 7) is 0. The van der Waals surface area contributed by atoms with Crippen LogP contribution < -0.4 is 0 Å². The second-order valence-electron chi connectivity index (χ2n) is 16.7. The van der Waals surface area contributed by atoms with Gasteiger partial charge in [-0.1, -0.05) is 206 Å². The van der Waals surface area contributed by atoms with E-state index in [0.717, 1.165) is 38.9 Å². The van der Waals surface area contributed by atoms with Crippen molar-refractivity contribution in [1.29, 1.82) is 0 Å². The van der Waals surface area contributed by atoms with Gasteiger partial charge in [-0.3, -0.25) is 0 Å². The Balaban J connectivity index is 0.941. The van der Waals surface area contributed by atoms with Gasteiger partial charge in [0.15, 0.2) is 17.5 Å². The van der Waals surface area contributed by atoms with Gasteiger partial charge in [-0.05, 0) is 116 Å². The van der Waals surface area contributed by atoms with E-state index < -0.39 is 0 Å². The van der Waals surface area contributed by atoms with Gasteiger partial charge in [-0.15, -0.1) is 0 Å². The summed E-state index contributed by atoms with van der Waals surface area (Å²) in [4.78, 5) is 15.2. The smallest absolute Gasteiger partial charge is 0.164 e. The van der Waals surface area contributed by atoms with Crippen molar-refractivity contribution in [2.75, 3.05) is 0 Å². The van der Waals surface area contributed by atoms with Crippen molar-refractivity contribution in [1.82, 2.24) is 15.0 Å². The van der Waals surface area contributed by atoms with Gasteiger partial charge in [0.25, 0.3) is 0 Å². The fourth-order valence-corrected chi connectivity index (χ4v) is 10.0. The molecule has 13 rings (SSSR count). The van der Waals surface area contributed by atoms with Crippen LogP contribution in [0.5, 0.6) is 0 Å². The molecule has 64 heavy (non-hydrogen) atoms. The fraction of sp³-hybridized carbons (Fsp3) is 0. The van der Waals surface area contributed by atoms with Gasteiger partial charge >= 0.3 is 0 Å². The Labute approximate surface area is 370 Å². The third-order valence-corrected chi connectivity index (χ3v) is 13.0. The van der Waals surface area contributed by atoms with Gasteiger partial charge in [0.1, 0.15) is 0 Å². The van der Waals surface area contributed by atoms with Crippen molar-refractivity contribution >= 4 is 64.6 Å². The number of nitrogens with zero attached hydrogens (tertiary/aromatic N) is 3. The molecule has 0 radical (unpaired) electrons. The van der Waals surface area contributed by atoms with E-state index in [1.807, 2.05) is 30.3 Å². The number of hydrogen-bond donors (Lipinski definition) is 0. The monoisotopic (exact) mass is 811 g/mol. The zero-order valence-corrected chi connectivity index (χ0v) is 34.7. The normalized spacial score (nSPS) is 11.8. The Morgan fingerprint density at radius 2 is 0.625 bits per heavy atom. The molecule has 0 amide bonds. The predicted molar refractivity (Wildman–Crippen MR) is 269 cm³/mol. The van der Waals surface area contributed by atoms with Crippen molar-refractivity contribution in [2.45, 2.75) is 0 Å². The average Bonchev–Trinajstić information content (AvgIpc) is 3.37. The largest absolute Gasteiger partial charge is 0.208 e. The van der Waals surface area contributed by atoms with E-state index in [9.17, 15) is 0 Å². The SMILES string of the molecule is c1ccc(-c2nc(-c3ccc(-c4cccc(-c5cc6ccc7cccc8c9cccc%10ccc%11cccc(c(c5)c6c78)c%11c%109)c4)cc3)nc(-c3ccccc3-c3ccccc3)n2)cc1. The lowest BCUT2D eigenvalue weighted by atomic mass is 9.86. The van der Waals surface area contributed by atoms with E-state index in [4.69, 9.17) is 15.0 Å². The highest BCUT2D eigenvalue weighted by molar-refractivity contribution is 6.37. The van der Waals surface area contributed by atoms with Crippen molar-refractivity contribution in [3.63, 3.8) is 0 Å². The number of aromatic nitrogens is 3. The molecule has 0 aliphatic carbocycles. The molecule has 0 saturated carbocycles. The molecule has 1 heterocycles. The first kappa shape index (κ1) is 36.2. The number of benzene rings is 11. The summed E-state index contributed by atoms with van der Waals surface area (Å²) in [5.74, 6) is 1.91. The lowest BCUT2D eigenvalue weighted by Gasteiger charge is -2.17. The van der Waals surface area contributed by atoms with Crippen molar-refractivity contribution in [3.05, 3.63) is 224 Å². The predicted octanol–water partition coefficient (Wildman–Crippen LogP) is 16.2. The van der Waals surface area contributed by atoms with Crippen LogP contribution in [0.1, 0.15) is 0 Å². The highest BCUT2D eigenvalue weighted by Gasteiger charge is 2.18. The Hall–Kier alpha value is -8.53. The van der Waals surface area contributed by atoms with Crippen LogP contribution in [0.2, 0.25) is 0 Å². The topological polar surface area (TPSA) is 38.7 Å². The maximum Gasteiger partial charge on any atom is 0.164 e. The minimum absolute atomic E-state index is 0.632. The summed E-state index contributed by atoms with van der Waals surface area (Å²) in [6, 6.07) is 80.8. The van der Waals surface area contributed by atoms with Gasteiger partial charge in [0.05, 0.1) is 0 Å². The van der Waals surface area contributed by atoms with Crippen LogP contribution in [0.3, 0.4) is 0 Å². The van der Waals surface area contributed by atoms with Gasteiger partial charge in [-0.2, -0.15) is 0 Å². The van der Waals surface area contributed by atoms with E-state index in [0.29, 0.717) is 17.5 Å². The van der Waals surface area contributed by atoms with Crippen LogP contribution in [0.4, 0.5) is 0 Å². The third kappa shape index (κ3) is 5.86. The highest BCUT2D eigenvalue weighted by atomic mass is 15.0. The second kappa shape index (κ2) is 14.5. The quantitative estimate of drug-likeness (QED) is 0.157. The molecule has 0 aliphatic heterocycles. The molecule has 0 fully saturated rings. The summed E-state index contributed by atoms with van der Waals surface area (Å²) in [6.07, 6.45) is 0. The Kier molecular flexibility index (Phi) is 8.22. The molecule has 3 heteroatoms. The number of rotatable bonds is 6. The van der Waals surface area contributed by atoms with Gasteiger partial charge in [0, 0.05) is 16.7 Å². The zero-order valence-electron chi connectivity index (χ0n) is 34.7. The molecule has 0 aliphatic rings. The lowest BCUT2D eigenvalue weighted by molar-refractivity contribution is 1.07. The molecule has 13 aromatic rings. The van der Waals surface area contributed by atoms with Crippen molar-refractivity contribution < 1.29 is 0 Å². The Morgan fingerprint density at radius 1 is 0.203 bits per heavy atom. The third-order valence-electron chi connectivity index (χ3n) is 13.0. The summed E-state index contributed by atoms with van der Waals surface area (Å²) >= 11 is 0. The van der Waals surface area contributed by atoms with E-state index >= 15 is 0 Å². The van der Waals surface area contributed by atoms with Gasteiger partial charge in [0.2, 0.25) is 0 Å². The van der Waals surface area contributed by atoms with E-state index in [2.05, 4.69) is 194 Å². The van der Waals surface area contributed by atoms with Gasteiger partial charge in [-0.25, -0.2) is 15.0 Å². The summed E-state index contributed by atoms with van der Waals surface area (Å²) in [7, 11) is 0. The van der Waals surface area contributed by atoms with Crippen LogP contribution >= 0.6 is 0 Å². The zero-order chi connectivity index (χ0) is 42.1. The summed E-state index contributed by atoms with van der Waals surface area (Å²) in [5, 5.41) is 15.4. The van der Waals surface area contributed by atoms with Crippen LogP contribution in [0.15, 0.2) is 224 Å². The summed E-state index contributed by atoms with van der Waals surface area (Å²) < 4.78 is 0. The molecular formula is C61H37N3. The standard InChI is InChI=1S/C61H37N3/c1-3-13-39(14-4-1)49-22-7-8-23-53(49)61-63-59(43-15-5-2-6-16-43)62-60(64-61)44-32-27-38(28-33-44)45-20-9-21-46(35-45)48-36-47-34-31-42-18-11-25-51-50-24-10-17-40-29-30-41-19-12-26-52(57(41)55(40)50)54(37-48)58(47)56(42)51/h1-37H. The van der Waals surface area contributed by atoms with E-state index in [1.165, 1.54) is 75.8 Å². The first-order chi connectivity index (χ1) is 31.7. The van der Waals surface area contributed by atoms with E-state index in [-0.39, 0.29) is 0 Å². The fourth-order valence-electron chi connectivity index (χ4n) is 10.0. The van der Waals surface area contributed by atoms with Crippen molar-refractivity contribution in [2.24, 2.45) is 0 Å². The van der Waals surface area contributed by atoms with Gasteiger partial charge < -0.3 is 0 Å².